The van der Waals surface area contributed by atoms with Crippen LogP contribution in [0.3, 0.4) is 0 Å². The molecule has 0 aliphatic heterocycles. The number of aromatic nitrogens is 2. The van der Waals surface area contributed by atoms with Crippen molar-refractivity contribution in [2.75, 3.05) is 0 Å². The van der Waals surface area contributed by atoms with E-state index in [-0.39, 0.29) is 17.9 Å². The zero-order chi connectivity index (χ0) is 14.0. The highest BCUT2D eigenvalue weighted by Crippen LogP contribution is 2.23. The van der Waals surface area contributed by atoms with Gasteiger partial charge in [-0.1, -0.05) is 11.6 Å². The number of rotatable bonds is 4. The molecule has 1 N–H and O–H groups in total. The van der Waals surface area contributed by atoms with Crippen molar-refractivity contribution in [1.82, 2.24) is 9.78 Å². The molecule has 0 unspecified atom stereocenters. The van der Waals surface area contributed by atoms with Crippen LogP contribution in [0.5, 0.6) is 0 Å². The van der Waals surface area contributed by atoms with E-state index in [1.54, 1.807) is 0 Å². The number of carboxylic acid groups (broad SMARTS) is 1. The molecule has 8 heteroatoms. The van der Waals surface area contributed by atoms with Crippen LogP contribution in [0.4, 0.5) is 5.69 Å². The van der Waals surface area contributed by atoms with Gasteiger partial charge in [0.2, 0.25) is 0 Å². The zero-order valence-corrected chi connectivity index (χ0v) is 10.2. The Balaban J connectivity index is 2.42. The van der Waals surface area contributed by atoms with Gasteiger partial charge in [-0.3, -0.25) is 14.8 Å². The van der Waals surface area contributed by atoms with Crippen LogP contribution in [0.2, 0.25) is 5.02 Å². The van der Waals surface area contributed by atoms with Crippen molar-refractivity contribution in [3.05, 3.63) is 56.9 Å². The fourth-order valence-electron chi connectivity index (χ4n) is 1.66. The first-order chi connectivity index (χ1) is 8.99. The topological polar surface area (TPSA) is 98.3 Å². The third-order valence-corrected chi connectivity index (χ3v) is 2.73. The van der Waals surface area contributed by atoms with Crippen LogP contribution in [0.1, 0.15) is 16.1 Å². The molecular weight excluding hydrogens is 274 g/mol. The molecule has 0 bridgehead atoms. The van der Waals surface area contributed by atoms with Gasteiger partial charge in [0.1, 0.15) is 5.69 Å². The lowest BCUT2D eigenvalue weighted by Gasteiger charge is -2.06. The minimum Gasteiger partial charge on any atom is -0.477 e. The number of aromatic carboxylic acids is 1. The van der Waals surface area contributed by atoms with Gasteiger partial charge in [-0.25, -0.2) is 4.79 Å². The molecule has 0 atom stereocenters. The molecule has 0 aliphatic rings. The average molecular weight is 282 g/mol. The number of nitro groups is 1. The molecule has 0 spiro atoms. The lowest BCUT2D eigenvalue weighted by molar-refractivity contribution is -0.385. The lowest BCUT2D eigenvalue weighted by atomic mass is 10.2. The molecule has 1 aromatic heterocycles. The van der Waals surface area contributed by atoms with E-state index in [2.05, 4.69) is 5.10 Å². The second-order valence-electron chi connectivity index (χ2n) is 3.71. The smallest absolute Gasteiger partial charge is 0.354 e. The number of carbonyl (C=O) groups is 1. The second kappa shape index (κ2) is 5.07. The highest BCUT2D eigenvalue weighted by Gasteiger charge is 2.17. The van der Waals surface area contributed by atoms with Gasteiger partial charge in [0.25, 0.3) is 5.69 Å². The van der Waals surface area contributed by atoms with Crippen molar-refractivity contribution in [1.29, 1.82) is 0 Å². The Kier molecular flexibility index (Phi) is 3.48. The Labute approximate surface area is 112 Å². The number of nitro benzene ring substituents is 1. The minimum absolute atomic E-state index is 0.0362. The Hall–Kier alpha value is -2.41. The van der Waals surface area contributed by atoms with Crippen LogP contribution in [0.15, 0.2) is 30.5 Å². The summed E-state index contributed by atoms with van der Waals surface area (Å²) in [5.74, 6) is -1.15. The minimum atomic E-state index is -1.15. The number of benzene rings is 1. The summed E-state index contributed by atoms with van der Waals surface area (Å²) >= 11 is 5.80. The molecule has 0 aliphatic carbocycles. The summed E-state index contributed by atoms with van der Waals surface area (Å²) in [6.45, 7) is -0.0362. The lowest BCUT2D eigenvalue weighted by Crippen LogP contribution is -2.11. The first-order valence-corrected chi connectivity index (χ1v) is 5.55. The van der Waals surface area contributed by atoms with Crippen molar-refractivity contribution in [2.24, 2.45) is 0 Å². The first-order valence-electron chi connectivity index (χ1n) is 5.17. The molecule has 0 saturated heterocycles. The van der Waals surface area contributed by atoms with Crippen LogP contribution in [-0.4, -0.2) is 25.8 Å². The first kappa shape index (κ1) is 13.0. The highest BCUT2D eigenvalue weighted by molar-refractivity contribution is 6.30. The molecule has 0 fully saturated rings. The molecule has 0 saturated carbocycles. The number of carboxylic acids is 1. The average Bonchev–Trinajstić information content (AvgIpc) is 2.76. The van der Waals surface area contributed by atoms with Gasteiger partial charge in [0, 0.05) is 17.3 Å². The SMILES string of the molecule is O=C(O)c1ccnn1Cc1cc(Cl)ccc1[N+](=O)[O-]. The van der Waals surface area contributed by atoms with Gasteiger partial charge in [0.05, 0.1) is 17.0 Å². The summed E-state index contributed by atoms with van der Waals surface area (Å²) < 4.78 is 1.17. The summed E-state index contributed by atoms with van der Waals surface area (Å²) in [4.78, 5) is 21.3. The predicted octanol–water partition coefficient (Wildman–Crippen LogP) is 2.19. The fourth-order valence-corrected chi connectivity index (χ4v) is 1.86. The second-order valence-corrected chi connectivity index (χ2v) is 4.15. The van der Waals surface area contributed by atoms with Gasteiger partial charge < -0.3 is 5.11 Å². The summed E-state index contributed by atoms with van der Waals surface area (Å²) in [7, 11) is 0. The van der Waals surface area contributed by atoms with Crippen LogP contribution in [-0.2, 0) is 6.54 Å². The third-order valence-electron chi connectivity index (χ3n) is 2.49. The van der Waals surface area contributed by atoms with E-state index in [4.69, 9.17) is 16.7 Å². The van der Waals surface area contributed by atoms with E-state index in [0.29, 0.717) is 10.6 Å². The van der Waals surface area contributed by atoms with Crippen LogP contribution in [0, 0.1) is 10.1 Å². The van der Waals surface area contributed by atoms with Crippen molar-refractivity contribution in [3.8, 4) is 0 Å². The molecule has 1 heterocycles. The normalized spacial score (nSPS) is 10.4. The van der Waals surface area contributed by atoms with Crippen molar-refractivity contribution >= 4 is 23.3 Å². The Morgan fingerprint density at radius 1 is 1.47 bits per heavy atom. The number of halogens is 1. The van der Waals surface area contributed by atoms with Gasteiger partial charge in [0.15, 0.2) is 0 Å². The van der Waals surface area contributed by atoms with Crippen molar-refractivity contribution in [3.63, 3.8) is 0 Å². The monoisotopic (exact) mass is 281 g/mol. The van der Waals surface area contributed by atoms with Gasteiger partial charge >= 0.3 is 5.97 Å². The molecule has 7 nitrogen and oxygen atoms in total. The molecule has 2 rings (SSSR count). The van der Waals surface area contributed by atoms with Gasteiger partial charge in [-0.2, -0.15) is 5.10 Å². The number of hydrogen-bond donors (Lipinski definition) is 1. The summed E-state index contributed by atoms with van der Waals surface area (Å²) in [6.07, 6.45) is 1.32. The molecule has 0 radical (unpaired) electrons. The summed E-state index contributed by atoms with van der Waals surface area (Å²) in [6, 6.07) is 5.43. The molecule has 19 heavy (non-hydrogen) atoms. The maximum Gasteiger partial charge on any atom is 0.354 e. The van der Waals surface area contributed by atoms with E-state index in [1.165, 1.54) is 35.1 Å². The maximum absolute atomic E-state index is 10.9. The molecule has 0 amide bonds. The molecule has 98 valence electrons. The largest absolute Gasteiger partial charge is 0.477 e. The van der Waals surface area contributed by atoms with Crippen molar-refractivity contribution in [2.45, 2.75) is 6.54 Å². The Bertz CT molecular complexity index is 653. The van der Waals surface area contributed by atoms with Crippen LogP contribution in [0.25, 0.3) is 0 Å². The molecule has 1 aromatic carbocycles. The van der Waals surface area contributed by atoms with E-state index < -0.39 is 10.9 Å². The van der Waals surface area contributed by atoms with Gasteiger partial charge in [-0.15, -0.1) is 0 Å². The van der Waals surface area contributed by atoms with E-state index in [0.717, 1.165) is 0 Å². The Morgan fingerprint density at radius 3 is 2.84 bits per heavy atom. The fraction of sp³-hybridized carbons (Fsp3) is 0.0909. The number of nitrogens with zero attached hydrogens (tertiary/aromatic N) is 3. The summed E-state index contributed by atoms with van der Waals surface area (Å²) in [5.41, 5.74) is 0.120. The van der Waals surface area contributed by atoms with Crippen LogP contribution >= 0.6 is 11.6 Å². The zero-order valence-electron chi connectivity index (χ0n) is 9.49. The van der Waals surface area contributed by atoms with E-state index >= 15 is 0 Å². The Morgan fingerprint density at radius 2 is 2.21 bits per heavy atom. The van der Waals surface area contributed by atoms with Gasteiger partial charge in [-0.05, 0) is 18.2 Å². The molecule has 2 aromatic rings. The quantitative estimate of drug-likeness (QED) is 0.684. The van der Waals surface area contributed by atoms with Crippen molar-refractivity contribution < 1.29 is 14.8 Å². The molecular formula is C11H8ClN3O4. The number of hydrogen-bond acceptors (Lipinski definition) is 4. The van der Waals surface area contributed by atoms with Crippen LogP contribution < -0.4 is 0 Å². The maximum atomic E-state index is 10.9. The predicted molar refractivity (Wildman–Crippen MR) is 66.4 cm³/mol. The summed E-state index contributed by atoms with van der Waals surface area (Å²) in [5, 5.41) is 24.0. The highest BCUT2D eigenvalue weighted by atomic mass is 35.5. The standard InChI is InChI=1S/C11H8ClN3O4/c12-8-1-2-9(15(18)19)7(5-8)6-14-10(11(16)17)3-4-13-14/h1-5H,6H2,(H,16,17). The third kappa shape index (κ3) is 2.71. The van der Waals surface area contributed by atoms with E-state index in [9.17, 15) is 14.9 Å². The van der Waals surface area contributed by atoms with E-state index in [1.807, 2.05) is 0 Å².